The summed E-state index contributed by atoms with van der Waals surface area (Å²) < 4.78 is 34.3. The molecule has 7 heteroatoms. The molecule has 1 aromatic carbocycles. The SMILES string of the molecule is COCc1c(C#N)ncc2[nH]c3ccc(OC(F)F)cc3c12. The van der Waals surface area contributed by atoms with Crippen LogP contribution in [0.15, 0.2) is 24.4 Å². The summed E-state index contributed by atoms with van der Waals surface area (Å²) in [5.41, 5.74) is 2.31. The highest BCUT2D eigenvalue weighted by atomic mass is 19.3. The van der Waals surface area contributed by atoms with Gasteiger partial charge < -0.3 is 14.5 Å². The van der Waals surface area contributed by atoms with E-state index in [0.717, 1.165) is 10.9 Å². The Morgan fingerprint density at radius 1 is 1.36 bits per heavy atom. The normalized spacial score (nSPS) is 11.2. The molecule has 0 bridgehead atoms. The molecule has 0 radical (unpaired) electrons. The van der Waals surface area contributed by atoms with Gasteiger partial charge in [0.15, 0.2) is 0 Å². The summed E-state index contributed by atoms with van der Waals surface area (Å²) in [6.07, 6.45) is 1.54. The van der Waals surface area contributed by atoms with Gasteiger partial charge in [-0.25, -0.2) is 4.98 Å². The third-order valence-corrected chi connectivity index (χ3v) is 3.33. The summed E-state index contributed by atoms with van der Waals surface area (Å²) in [5.74, 6) is 0.0575. The fourth-order valence-electron chi connectivity index (χ4n) is 2.50. The van der Waals surface area contributed by atoms with E-state index in [0.29, 0.717) is 16.5 Å². The molecule has 0 saturated heterocycles. The number of fused-ring (bicyclic) bond motifs is 3. The number of nitriles is 1. The van der Waals surface area contributed by atoms with Crippen LogP contribution in [0.3, 0.4) is 0 Å². The summed E-state index contributed by atoms with van der Waals surface area (Å²) in [4.78, 5) is 7.22. The highest BCUT2D eigenvalue weighted by molar-refractivity contribution is 6.09. The first-order valence-corrected chi connectivity index (χ1v) is 6.41. The van der Waals surface area contributed by atoms with Crippen LogP contribution in [0.25, 0.3) is 21.8 Å². The Bertz CT molecular complexity index is 884. The predicted octanol–water partition coefficient (Wildman–Crippen LogP) is 3.34. The number of ether oxygens (including phenoxy) is 2. The van der Waals surface area contributed by atoms with Crippen molar-refractivity contribution in [2.45, 2.75) is 13.2 Å². The molecule has 0 unspecified atom stereocenters. The smallest absolute Gasteiger partial charge is 0.387 e. The van der Waals surface area contributed by atoms with Gasteiger partial charge in [-0.1, -0.05) is 0 Å². The summed E-state index contributed by atoms with van der Waals surface area (Å²) in [6, 6.07) is 6.64. The van der Waals surface area contributed by atoms with E-state index in [1.807, 2.05) is 6.07 Å². The van der Waals surface area contributed by atoms with Crippen LogP contribution in [-0.2, 0) is 11.3 Å². The second-order valence-corrected chi connectivity index (χ2v) is 4.63. The Morgan fingerprint density at radius 3 is 2.86 bits per heavy atom. The number of nitrogens with one attached hydrogen (secondary N) is 1. The molecule has 0 amide bonds. The lowest BCUT2D eigenvalue weighted by Gasteiger charge is -2.06. The van der Waals surface area contributed by atoms with Crippen molar-refractivity contribution in [1.82, 2.24) is 9.97 Å². The maximum Gasteiger partial charge on any atom is 0.387 e. The number of aromatic amines is 1. The highest BCUT2D eigenvalue weighted by Crippen LogP contribution is 2.32. The zero-order chi connectivity index (χ0) is 15.7. The maximum atomic E-state index is 12.4. The summed E-state index contributed by atoms with van der Waals surface area (Å²) in [7, 11) is 1.51. The molecule has 2 aromatic heterocycles. The van der Waals surface area contributed by atoms with Gasteiger partial charge in [-0.15, -0.1) is 0 Å². The quantitative estimate of drug-likeness (QED) is 0.802. The maximum absolute atomic E-state index is 12.4. The largest absolute Gasteiger partial charge is 0.435 e. The van der Waals surface area contributed by atoms with Crippen molar-refractivity contribution < 1.29 is 18.3 Å². The van der Waals surface area contributed by atoms with Crippen molar-refractivity contribution in [3.8, 4) is 11.8 Å². The molecule has 5 nitrogen and oxygen atoms in total. The van der Waals surface area contributed by atoms with Crippen LogP contribution in [0.1, 0.15) is 11.3 Å². The van der Waals surface area contributed by atoms with Crippen LogP contribution in [0.2, 0.25) is 0 Å². The molecule has 3 aromatic rings. The van der Waals surface area contributed by atoms with E-state index in [1.54, 1.807) is 12.3 Å². The minimum absolute atomic E-state index is 0.0575. The fourth-order valence-corrected chi connectivity index (χ4v) is 2.50. The lowest BCUT2D eigenvalue weighted by atomic mass is 10.1. The second-order valence-electron chi connectivity index (χ2n) is 4.63. The van der Waals surface area contributed by atoms with Crippen molar-refractivity contribution in [2.75, 3.05) is 7.11 Å². The number of alkyl halides is 2. The Kier molecular flexibility index (Phi) is 3.61. The average molecular weight is 303 g/mol. The van der Waals surface area contributed by atoms with E-state index in [-0.39, 0.29) is 18.1 Å². The number of benzene rings is 1. The molecule has 0 spiro atoms. The minimum atomic E-state index is -2.89. The van der Waals surface area contributed by atoms with E-state index in [4.69, 9.17) is 4.74 Å². The van der Waals surface area contributed by atoms with Gasteiger partial charge in [0.05, 0.1) is 18.3 Å². The standard InChI is InChI=1S/C15H11F2N3O2/c1-21-7-10-12(5-18)19-6-13-14(10)9-4-8(22-15(16)17)2-3-11(9)20-13/h2-4,6,15,20H,7H2,1H3. The monoisotopic (exact) mass is 303 g/mol. The molecule has 112 valence electrons. The lowest BCUT2D eigenvalue weighted by Crippen LogP contribution is -2.01. The van der Waals surface area contributed by atoms with Crippen LogP contribution >= 0.6 is 0 Å². The van der Waals surface area contributed by atoms with Crippen molar-refractivity contribution in [2.24, 2.45) is 0 Å². The van der Waals surface area contributed by atoms with Gasteiger partial charge in [-0.05, 0) is 18.2 Å². The summed E-state index contributed by atoms with van der Waals surface area (Å²) >= 11 is 0. The minimum Gasteiger partial charge on any atom is -0.435 e. The number of methoxy groups -OCH3 is 1. The van der Waals surface area contributed by atoms with Crippen LogP contribution in [0, 0.1) is 11.3 Å². The molecule has 0 fully saturated rings. The third-order valence-electron chi connectivity index (χ3n) is 3.33. The van der Waals surface area contributed by atoms with Gasteiger partial charge in [0.2, 0.25) is 0 Å². The van der Waals surface area contributed by atoms with Gasteiger partial charge in [-0.3, -0.25) is 0 Å². The molecule has 3 rings (SSSR count). The van der Waals surface area contributed by atoms with Crippen molar-refractivity contribution >= 4 is 21.8 Å². The molecule has 1 N–H and O–H groups in total. The highest BCUT2D eigenvalue weighted by Gasteiger charge is 2.15. The molecule has 0 aliphatic heterocycles. The number of pyridine rings is 1. The molecule has 22 heavy (non-hydrogen) atoms. The van der Waals surface area contributed by atoms with E-state index in [2.05, 4.69) is 14.7 Å². The van der Waals surface area contributed by atoms with Crippen LogP contribution < -0.4 is 4.74 Å². The van der Waals surface area contributed by atoms with E-state index < -0.39 is 6.61 Å². The molecule has 2 heterocycles. The number of aromatic nitrogens is 2. The van der Waals surface area contributed by atoms with E-state index in [1.165, 1.54) is 19.2 Å². The van der Waals surface area contributed by atoms with Crippen LogP contribution in [0.5, 0.6) is 5.75 Å². The lowest BCUT2D eigenvalue weighted by molar-refractivity contribution is -0.0497. The summed E-state index contributed by atoms with van der Waals surface area (Å²) in [5, 5.41) is 10.6. The van der Waals surface area contributed by atoms with Gasteiger partial charge >= 0.3 is 6.61 Å². The van der Waals surface area contributed by atoms with Gasteiger partial charge in [0.25, 0.3) is 0 Å². The van der Waals surface area contributed by atoms with Crippen LogP contribution in [-0.4, -0.2) is 23.7 Å². The zero-order valence-electron chi connectivity index (χ0n) is 11.6. The predicted molar refractivity (Wildman–Crippen MR) is 75.7 cm³/mol. The molecule has 0 aliphatic rings. The van der Waals surface area contributed by atoms with E-state index in [9.17, 15) is 14.0 Å². The number of H-pyrrole nitrogens is 1. The fraction of sp³-hybridized carbons (Fsp3) is 0.200. The number of hydrogen-bond donors (Lipinski definition) is 1. The second kappa shape index (κ2) is 5.58. The third kappa shape index (κ3) is 2.34. The van der Waals surface area contributed by atoms with Crippen molar-refractivity contribution in [1.29, 1.82) is 5.26 Å². The molecule has 0 atom stereocenters. The Balaban J connectivity index is 2.31. The number of halogens is 2. The molecule has 0 saturated carbocycles. The Labute approximate surface area is 124 Å². The topological polar surface area (TPSA) is 70.9 Å². The first kappa shape index (κ1) is 14.2. The number of nitrogens with zero attached hydrogens (tertiary/aromatic N) is 2. The first-order chi connectivity index (χ1) is 10.6. The average Bonchev–Trinajstić information content (AvgIpc) is 2.85. The van der Waals surface area contributed by atoms with Crippen molar-refractivity contribution in [3.63, 3.8) is 0 Å². The number of hydrogen-bond acceptors (Lipinski definition) is 4. The molecular formula is C15H11F2N3O2. The Hall–Kier alpha value is -2.72. The van der Waals surface area contributed by atoms with E-state index >= 15 is 0 Å². The van der Waals surface area contributed by atoms with Gasteiger partial charge in [0.1, 0.15) is 17.5 Å². The van der Waals surface area contributed by atoms with Gasteiger partial charge in [-0.2, -0.15) is 14.0 Å². The summed E-state index contributed by atoms with van der Waals surface area (Å²) in [6.45, 7) is -2.70. The first-order valence-electron chi connectivity index (χ1n) is 6.41. The molecular weight excluding hydrogens is 292 g/mol. The van der Waals surface area contributed by atoms with Gasteiger partial charge in [0, 0.05) is 29.0 Å². The van der Waals surface area contributed by atoms with Crippen LogP contribution in [0.4, 0.5) is 8.78 Å². The van der Waals surface area contributed by atoms with Crippen molar-refractivity contribution in [3.05, 3.63) is 35.7 Å². The zero-order valence-corrected chi connectivity index (χ0v) is 11.6. The number of rotatable bonds is 4. The molecule has 0 aliphatic carbocycles. The Morgan fingerprint density at radius 2 is 2.18 bits per heavy atom.